The van der Waals surface area contributed by atoms with Crippen LogP contribution in [0.3, 0.4) is 0 Å². The van der Waals surface area contributed by atoms with Crippen molar-refractivity contribution in [2.75, 3.05) is 6.26 Å². The molecule has 0 atom stereocenters. The van der Waals surface area contributed by atoms with Crippen molar-refractivity contribution >= 4 is 17.7 Å². The maximum Gasteiger partial charge on any atom is 0.287 e. The minimum Gasteiger partial charge on any atom is -0.455 e. The number of nitrogens with one attached hydrogen (secondary N) is 2. The number of carbonyl (C=O) groups is 1. The number of hydrogen-bond acceptors (Lipinski definition) is 4. The number of rotatable bonds is 5. The molecule has 2 heterocycles. The Morgan fingerprint density at radius 1 is 1.59 bits per heavy atom. The van der Waals surface area contributed by atoms with Gasteiger partial charge in [0, 0.05) is 12.4 Å². The van der Waals surface area contributed by atoms with Crippen LogP contribution in [0.5, 0.6) is 0 Å². The van der Waals surface area contributed by atoms with Crippen molar-refractivity contribution in [3.05, 3.63) is 41.9 Å². The Balaban J connectivity index is 1.90. The number of aromatic amines is 1. The molecule has 0 aliphatic heterocycles. The molecule has 2 aromatic rings. The van der Waals surface area contributed by atoms with E-state index in [1.54, 1.807) is 30.2 Å². The topological polar surface area (TPSA) is 70.9 Å². The fraction of sp³-hybridized carbons (Fsp3) is 0.273. The molecule has 2 rings (SSSR count). The molecule has 2 N–H and O–H groups in total. The van der Waals surface area contributed by atoms with E-state index in [2.05, 4.69) is 15.3 Å². The highest BCUT2D eigenvalue weighted by molar-refractivity contribution is 7.97. The van der Waals surface area contributed by atoms with Gasteiger partial charge in [-0.1, -0.05) is 0 Å². The number of carbonyl (C=O) groups excluding carboxylic acids is 1. The monoisotopic (exact) mass is 251 g/mol. The summed E-state index contributed by atoms with van der Waals surface area (Å²) in [5.41, 5.74) is 0. The summed E-state index contributed by atoms with van der Waals surface area (Å²) in [5.74, 6) is 2.40. The number of imidazole rings is 1. The van der Waals surface area contributed by atoms with E-state index in [1.165, 1.54) is 0 Å². The predicted octanol–water partition coefficient (Wildman–Crippen LogP) is 1.80. The van der Waals surface area contributed by atoms with Crippen LogP contribution >= 0.6 is 11.8 Å². The lowest BCUT2D eigenvalue weighted by Gasteiger charge is -2.00. The van der Waals surface area contributed by atoms with E-state index < -0.39 is 0 Å². The van der Waals surface area contributed by atoms with Gasteiger partial charge in [0.15, 0.2) is 5.76 Å². The van der Waals surface area contributed by atoms with Crippen molar-refractivity contribution in [2.45, 2.75) is 12.3 Å². The molecule has 0 aliphatic carbocycles. The molecule has 0 aliphatic rings. The van der Waals surface area contributed by atoms with Crippen LogP contribution in [-0.4, -0.2) is 22.1 Å². The Morgan fingerprint density at radius 3 is 3.18 bits per heavy atom. The fourth-order valence-corrected chi connectivity index (χ4v) is 1.81. The molecule has 0 saturated heterocycles. The summed E-state index contributed by atoms with van der Waals surface area (Å²) < 4.78 is 5.39. The zero-order chi connectivity index (χ0) is 12.1. The van der Waals surface area contributed by atoms with Crippen LogP contribution in [0.4, 0.5) is 0 Å². The number of furan rings is 1. The van der Waals surface area contributed by atoms with Crippen molar-refractivity contribution in [2.24, 2.45) is 0 Å². The number of H-pyrrole nitrogens is 1. The molecular weight excluding hydrogens is 238 g/mol. The number of hydrogen-bond donors (Lipinski definition) is 2. The van der Waals surface area contributed by atoms with Gasteiger partial charge in [0.2, 0.25) is 0 Å². The molecule has 6 heteroatoms. The van der Waals surface area contributed by atoms with Crippen molar-refractivity contribution in [3.8, 4) is 0 Å². The molecule has 0 spiro atoms. The zero-order valence-corrected chi connectivity index (χ0v) is 10.2. The first kappa shape index (κ1) is 11.8. The van der Waals surface area contributed by atoms with Crippen LogP contribution in [0.2, 0.25) is 0 Å². The Labute approximate surface area is 103 Å². The van der Waals surface area contributed by atoms with E-state index in [4.69, 9.17) is 4.42 Å². The molecule has 5 nitrogen and oxygen atoms in total. The van der Waals surface area contributed by atoms with Gasteiger partial charge >= 0.3 is 0 Å². The van der Waals surface area contributed by atoms with Gasteiger partial charge in [-0.3, -0.25) is 4.79 Å². The molecule has 0 saturated carbocycles. The molecule has 0 aromatic carbocycles. The summed E-state index contributed by atoms with van der Waals surface area (Å²) in [7, 11) is 0. The maximum atomic E-state index is 11.7. The van der Waals surface area contributed by atoms with E-state index in [0.29, 0.717) is 18.1 Å². The maximum absolute atomic E-state index is 11.7. The summed E-state index contributed by atoms with van der Waals surface area (Å²) >= 11 is 1.65. The van der Waals surface area contributed by atoms with Crippen LogP contribution in [0.1, 0.15) is 22.1 Å². The zero-order valence-electron chi connectivity index (χ0n) is 9.40. The van der Waals surface area contributed by atoms with Gasteiger partial charge in [0.05, 0.1) is 12.3 Å². The third kappa shape index (κ3) is 3.13. The summed E-state index contributed by atoms with van der Waals surface area (Å²) in [4.78, 5) is 18.6. The molecular formula is C11H13N3O2S. The lowest BCUT2D eigenvalue weighted by Crippen LogP contribution is -2.22. The van der Waals surface area contributed by atoms with E-state index >= 15 is 0 Å². The Kier molecular flexibility index (Phi) is 3.87. The van der Waals surface area contributed by atoms with E-state index in [-0.39, 0.29) is 5.91 Å². The van der Waals surface area contributed by atoms with E-state index in [0.717, 1.165) is 11.5 Å². The first-order chi connectivity index (χ1) is 8.29. The molecule has 17 heavy (non-hydrogen) atoms. The van der Waals surface area contributed by atoms with Crippen LogP contribution in [0, 0.1) is 0 Å². The molecule has 0 unspecified atom stereocenters. The summed E-state index contributed by atoms with van der Waals surface area (Å²) in [6.07, 6.45) is 5.34. The number of thioether (sulfide) groups is 1. The third-order valence-corrected chi connectivity index (χ3v) is 2.72. The second kappa shape index (κ2) is 5.58. The first-order valence-corrected chi connectivity index (χ1v) is 6.53. The molecule has 1 amide bonds. The van der Waals surface area contributed by atoms with Gasteiger partial charge in [-0.25, -0.2) is 4.98 Å². The van der Waals surface area contributed by atoms with Crippen molar-refractivity contribution < 1.29 is 9.21 Å². The van der Waals surface area contributed by atoms with Gasteiger partial charge < -0.3 is 14.7 Å². The Morgan fingerprint density at radius 2 is 2.47 bits per heavy atom. The van der Waals surface area contributed by atoms with Crippen molar-refractivity contribution in [1.82, 2.24) is 15.3 Å². The van der Waals surface area contributed by atoms with Crippen LogP contribution in [0.25, 0.3) is 0 Å². The summed E-state index contributed by atoms with van der Waals surface area (Å²) in [5, 5.41) is 2.72. The highest BCUT2D eigenvalue weighted by Gasteiger charge is 2.10. The van der Waals surface area contributed by atoms with Crippen LogP contribution < -0.4 is 5.32 Å². The average Bonchev–Trinajstić information content (AvgIpc) is 2.97. The van der Waals surface area contributed by atoms with Crippen LogP contribution in [0.15, 0.2) is 28.9 Å². The average molecular weight is 251 g/mol. The lowest BCUT2D eigenvalue weighted by molar-refractivity contribution is 0.0921. The largest absolute Gasteiger partial charge is 0.455 e. The standard InChI is InChI=1S/C11H13N3O2S/c1-17-7-8-2-3-9(16-8)11(15)14-6-10-12-4-5-13-10/h2-5H,6-7H2,1H3,(H,12,13)(H,14,15). The summed E-state index contributed by atoms with van der Waals surface area (Å²) in [6, 6.07) is 3.50. The van der Waals surface area contributed by atoms with Gasteiger partial charge in [-0.2, -0.15) is 11.8 Å². The van der Waals surface area contributed by atoms with Gasteiger partial charge in [-0.05, 0) is 18.4 Å². The highest BCUT2D eigenvalue weighted by Crippen LogP contribution is 2.13. The summed E-state index contributed by atoms with van der Waals surface area (Å²) in [6.45, 7) is 0.365. The van der Waals surface area contributed by atoms with E-state index in [9.17, 15) is 4.79 Å². The molecule has 90 valence electrons. The van der Waals surface area contributed by atoms with Crippen molar-refractivity contribution in [3.63, 3.8) is 0 Å². The van der Waals surface area contributed by atoms with Gasteiger partial charge in [0.25, 0.3) is 5.91 Å². The normalized spacial score (nSPS) is 10.4. The Bertz CT molecular complexity index is 479. The van der Waals surface area contributed by atoms with E-state index in [1.807, 2.05) is 12.3 Å². The SMILES string of the molecule is CSCc1ccc(C(=O)NCc2ncc[nH]2)o1. The molecule has 0 bridgehead atoms. The lowest BCUT2D eigenvalue weighted by atomic mass is 10.4. The van der Waals surface area contributed by atoms with Crippen molar-refractivity contribution in [1.29, 1.82) is 0 Å². The second-order valence-electron chi connectivity index (χ2n) is 3.42. The van der Waals surface area contributed by atoms with Gasteiger partial charge in [0.1, 0.15) is 11.6 Å². The van der Waals surface area contributed by atoms with Gasteiger partial charge in [-0.15, -0.1) is 0 Å². The third-order valence-electron chi connectivity index (χ3n) is 2.14. The smallest absolute Gasteiger partial charge is 0.287 e. The Hall–Kier alpha value is -1.69. The minimum absolute atomic E-state index is 0.228. The minimum atomic E-state index is -0.228. The fourth-order valence-electron chi connectivity index (χ4n) is 1.37. The number of amides is 1. The highest BCUT2D eigenvalue weighted by atomic mass is 32.2. The van der Waals surface area contributed by atoms with Crippen LogP contribution in [-0.2, 0) is 12.3 Å². The number of nitrogens with zero attached hydrogens (tertiary/aromatic N) is 1. The molecule has 0 radical (unpaired) electrons. The first-order valence-electron chi connectivity index (χ1n) is 5.13. The quantitative estimate of drug-likeness (QED) is 0.850. The predicted molar refractivity (Wildman–Crippen MR) is 65.7 cm³/mol. The number of aromatic nitrogens is 2. The second-order valence-corrected chi connectivity index (χ2v) is 4.28. The molecule has 2 aromatic heterocycles. The molecule has 0 fully saturated rings.